The minimum Gasteiger partial charge on any atom is -0.271 e. The Bertz CT molecular complexity index is 551. The largest absolute Gasteiger partial charge is 0.271 e. The smallest absolute Gasteiger partial charge is 0.176 e. The fourth-order valence-corrected chi connectivity index (χ4v) is 2.57. The molecule has 2 rings (SSSR count). The molecule has 1 heterocycles. The van der Waals surface area contributed by atoms with E-state index in [2.05, 4.69) is 53.7 Å². The minimum absolute atomic E-state index is 0.00944. The number of nitrogens with zero attached hydrogens (tertiary/aromatic N) is 4. The zero-order chi connectivity index (χ0) is 14.0. The van der Waals surface area contributed by atoms with Crippen LogP contribution in [-0.4, -0.2) is 20.2 Å². The molecule has 19 heavy (non-hydrogen) atoms. The molecule has 0 bridgehead atoms. The first-order valence-corrected chi connectivity index (χ1v) is 6.28. The van der Waals surface area contributed by atoms with Gasteiger partial charge in [-0.3, -0.25) is 11.3 Å². The molecule has 0 radical (unpaired) electrons. The van der Waals surface area contributed by atoms with Crippen LogP contribution in [0.1, 0.15) is 34.1 Å². The van der Waals surface area contributed by atoms with Crippen LogP contribution in [0.25, 0.3) is 0 Å². The summed E-state index contributed by atoms with van der Waals surface area (Å²) >= 11 is 0. The highest BCUT2D eigenvalue weighted by Crippen LogP contribution is 2.25. The summed E-state index contributed by atoms with van der Waals surface area (Å²) in [7, 11) is 1.75. The SMILES string of the molecule is Cc1cc(C)c(C(Cc2nnn(C)n2)NN)c(C)c1. The van der Waals surface area contributed by atoms with Gasteiger partial charge in [-0.1, -0.05) is 17.7 Å². The lowest BCUT2D eigenvalue weighted by Gasteiger charge is -2.20. The average Bonchev–Trinajstić information content (AvgIpc) is 2.72. The molecular formula is C13H20N6. The molecule has 3 N–H and O–H groups in total. The maximum absolute atomic E-state index is 5.70. The van der Waals surface area contributed by atoms with Crippen LogP contribution < -0.4 is 11.3 Å². The highest BCUT2D eigenvalue weighted by Gasteiger charge is 2.18. The number of nitrogens with one attached hydrogen (secondary N) is 1. The lowest BCUT2D eigenvalue weighted by molar-refractivity contribution is 0.531. The number of tetrazole rings is 1. The molecular weight excluding hydrogens is 240 g/mol. The van der Waals surface area contributed by atoms with Gasteiger partial charge in [-0.2, -0.15) is 4.80 Å². The fourth-order valence-electron chi connectivity index (χ4n) is 2.57. The molecule has 6 nitrogen and oxygen atoms in total. The van der Waals surface area contributed by atoms with Crippen LogP contribution in [0.4, 0.5) is 0 Å². The number of hydrogen-bond acceptors (Lipinski definition) is 5. The third kappa shape index (κ3) is 2.97. The van der Waals surface area contributed by atoms with Gasteiger partial charge in [-0.25, -0.2) is 0 Å². The number of hydrogen-bond donors (Lipinski definition) is 2. The Morgan fingerprint density at radius 3 is 2.37 bits per heavy atom. The number of rotatable bonds is 4. The highest BCUT2D eigenvalue weighted by atomic mass is 15.6. The second-order valence-corrected chi connectivity index (χ2v) is 4.93. The number of nitrogens with two attached hydrogens (primary N) is 1. The molecule has 0 saturated carbocycles. The predicted octanol–water partition coefficient (Wildman–Crippen LogP) is 0.882. The van der Waals surface area contributed by atoms with Gasteiger partial charge in [0.15, 0.2) is 5.82 Å². The van der Waals surface area contributed by atoms with Gasteiger partial charge in [0.1, 0.15) is 0 Å². The average molecular weight is 260 g/mol. The van der Waals surface area contributed by atoms with Crippen molar-refractivity contribution in [2.75, 3.05) is 0 Å². The molecule has 6 heteroatoms. The van der Waals surface area contributed by atoms with E-state index in [9.17, 15) is 0 Å². The fraction of sp³-hybridized carbons (Fsp3) is 0.462. The van der Waals surface area contributed by atoms with Gasteiger partial charge in [-0.05, 0) is 42.7 Å². The van der Waals surface area contributed by atoms with Gasteiger partial charge in [-0.15, -0.1) is 10.2 Å². The maximum Gasteiger partial charge on any atom is 0.176 e. The molecule has 0 saturated heterocycles. The van der Waals surface area contributed by atoms with Crippen molar-refractivity contribution in [2.24, 2.45) is 12.9 Å². The standard InChI is InChI=1S/C13H20N6/c1-8-5-9(2)13(10(3)6-8)11(15-14)7-12-16-18-19(4)17-12/h5-6,11,15H,7,14H2,1-4H3. The van der Waals surface area contributed by atoms with Crippen LogP contribution in [0.5, 0.6) is 0 Å². The summed E-state index contributed by atoms with van der Waals surface area (Å²) in [5.41, 5.74) is 7.78. The molecule has 0 spiro atoms. The van der Waals surface area contributed by atoms with E-state index in [1.807, 2.05) is 0 Å². The summed E-state index contributed by atoms with van der Waals surface area (Å²) in [5, 5.41) is 12.1. The van der Waals surface area contributed by atoms with E-state index in [0.29, 0.717) is 12.2 Å². The molecule has 0 aliphatic carbocycles. The molecule has 1 atom stereocenters. The van der Waals surface area contributed by atoms with Crippen LogP contribution in [0.2, 0.25) is 0 Å². The van der Waals surface area contributed by atoms with Crippen molar-refractivity contribution in [1.29, 1.82) is 0 Å². The summed E-state index contributed by atoms with van der Waals surface area (Å²) in [5.74, 6) is 6.39. The molecule has 102 valence electrons. The van der Waals surface area contributed by atoms with E-state index in [1.165, 1.54) is 27.1 Å². The monoisotopic (exact) mass is 260 g/mol. The topological polar surface area (TPSA) is 81.7 Å². The van der Waals surface area contributed by atoms with Gasteiger partial charge in [0.05, 0.1) is 13.1 Å². The Morgan fingerprint density at radius 1 is 1.26 bits per heavy atom. The number of aryl methyl sites for hydroxylation is 4. The molecule has 0 aliphatic rings. The predicted molar refractivity (Wildman–Crippen MR) is 73.2 cm³/mol. The van der Waals surface area contributed by atoms with E-state index in [-0.39, 0.29) is 6.04 Å². The van der Waals surface area contributed by atoms with Crippen molar-refractivity contribution in [3.63, 3.8) is 0 Å². The van der Waals surface area contributed by atoms with E-state index in [1.54, 1.807) is 7.05 Å². The molecule has 2 aromatic rings. The Hall–Kier alpha value is -1.79. The summed E-state index contributed by atoms with van der Waals surface area (Å²) in [6.45, 7) is 6.30. The van der Waals surface area contributed by atoms with Crippen LogP contribution in [0.3, 0.4) is 0 Å². The van der Waals surface area contributed by atoms with Gasteiger partial charge >= 0.3 is 0 Å². The Balaban J connectivity index is 2.32. The zero-order valence-electron chi connectivity index (χ0n) is 11.8. The van der Waals surface area contributed by atoms with Crippen molar-refractivity contribution >= 4 is 0 Å². The van der Waals surface area contributed by atoms with E-state index in [0.717, 1.165) is 0 Å². The first kappa shape index (κ1) is 13.6. The highest BCUT2D eigenvalue weighted by molar-refractivity contribution is 5.39. The second-order valence-electron chi connectivity index (χ2n) is 4.93. The van der Waals surface area contributed by atoms with Crippen LogP contribution >= 0.6 is 0 Å². The Morgan fingerprint density at radius 2 is 1.89 bits per heavy atom. The molecule has 0 amide bonds. The van der Waals surface area contributed by atoms with Crippen LogP contribution in [0.15, 0.2) is 12.1 Å². The van der Waals surface area contributed by atoms with Crippen LogP contribution in [-0.2, 0) is 13.5 Å². The third-order valence-corrected chi connectivity index (χ3v) is 3.22. The van der Waals surface area contributed by atoms with Gasteiger partial charge in [0, 0.05) is 6.42 Å². The summed E-state index contributed by atoms with van der Waals surface area (Å²) in [4.78, 5) is 1.46. The molecule has 1 aromatic carbocycles. The number of hydrazine groups is 1. The third-order valence-electron chi connectivity index (χ3n) is 3.22. The lowest BCUT2D eigenvalue weighted by Crippen LogP contribution is -2.31. The first-order chi connectivity index (χ1) is 9.01. The van der Waals surface area contributed by atoms with Crippen LogP contribution in [0, 0.1) is 20.8 Å². The van der Waals surface area contributed by atoms with E-state index < -0.39 is 0 Å². The Labute approximate surface area is 113 Å². The zero-order valence-corrected chi connectivity index (χ0v) is 11.8. The van der Waals surface area contributed by atoms with Crippen molar-refractivity contribution in [3.05, 3.63) is 40.2 Å². The molecule has 1 aromatic heterocycles. The maximum atomic E-state index is 5.70. The summed E-state index contributed by atoms with van der Waals surface area (Å²) in [6.07, 6.45) is 0.620. The minimum atomic E-state index is -0.00944. The first-order valence-electron chi connectivity index (χ1n) is 6.28. The van der Waals surface area contributed by atoms with Crippen molar-refractivity contribution < 1.29 is 0 Å². The summed E-state index contributed by atoms with van der Waals surface area (Å²) in [6, 6.07) is 4.32. The number of aromatic nitrogens is 4. The quantitative estimate of drug-likeness (QED) is 0.630. The van der Waals surface area contributed by atoms with Gasteiger partial charge in [0.2, 0.25) is 0 Å². The molecule has 0 fully saturated rings. The van der Waals surface area contributed by atoms with E-state index >= 15 is 0 Å². The van der Waals surface area contributed by atoms with Crippen molar-refractivity contribution in [2.45, 2.75) is 33.2 Å². The molecule has 1 unspecified atom stereocenters. The number of benzene rings is 1. The van der Waals surface area contributed by atoms with Gasteiger partial charge in [0.25, 0.3) is 0 Å². The summed E-state index contributed by atoms with van der Waals surface area (Å²) < 4.78 is 0. The molecule has 0 aliphatic heterocycles. The lowest BCUT2D eigenvalue weighted by atomic mass is 9.92. The second kappa shape index (κ2) is 5.46. The van der Waals surface area contributed by atoms with Gasteiger partial charge < -0.3 is 0 Å². The Kier molecular flexibility index (Phi) is 3.92. The van der Waals surface area contributed by atoms with E-state index in [4.69, 9.17) is 5.84 Å². The van der Waals surface area contributed by atoms with Crippen molar-refractivity contribution in [3.8, 4) is 0 Å². The normalized spacial score (nSPS) is 12.7. The van der Waals surface area contributed by atoms with Crippen molar-refractivity contribution in [1.82, 2.24) is 25.6 Å².